The topological polar surface area (TPSA) is 26.6 Å². The van der Waals surface area contributed by atoms with Gasteiger partial charge in [-0.1, -0.05) is 103 Å². The van der Waals surface area contributed by atoms with E-state index in [1.54, 1.807) is 0 Å². The molecule has 3 aromatic heterocycles. The van der Waals surface area contributed by atoms with Crippen molar-refractivity contribution < 1.29 is 4.57 Å². The molecule has 0 amide bonds. The Morgan fingerprint density at radius 1 is 0.525 bits per heavy atom. The highest BCUT2D eigenvalue weighted by molar-refractivity contribution is 6.09. The number of pyridine rings is 1. The van der Waals surface area contributed by atoms with Gasteiger partial charge in [0, 0.05) is 16.3 Å². The second kappa shape index (κ2) is 9.07. The largest absolute Gasteiger partial charge is 0.294 e. The lowest BCUT2D eigenvalue weighted by Crippen LogP contribution is -2.30. The van der Waals surface area contributed by atoms with E-state index in [-0.39, 0.29) is 0 Å². The zero-order valence-corrected chi connectivity index (χ0v) is 21.6. The van der Waals surface area contributed by atoms with Crippen LogP contribution >= 0.6 is 0 Å². The zero-order chi connectivity index (χ0) is 26.5. The molecule has 4 nitrogen and oxygen atoms in total. The number of fused-ring (bicyclic) bond motifs is 4. The average molecular weight is 513 g/mol. The second-order valence-corrected chi connectivity index (χ2v) is 9.86. The van der Waals surface area contributed by atoms with E-state index in [0.29, 0.717) is 0 Å². The lowest BCUT2D eigenvalue weighted by Gasteiger charge is -2.13. The van der Waals surface area contributed by atoms with Crippen LogP contribution in [0, 0.1) is 6.33 Å². The first kappa shape index (κ1) is 22.5. The predicted octanol–water partition coefficient (Wildman–Crippen LogP) is 7.87. The molecule has 0 spiro atoms. The molecular formula is C36H24N4. The Bertz CT molecular complexity index is 2120. The number of hydrogen-bond donors (Lipinski definition) is 0. The van der Waals surface area contributed by atoms with Crippen LogP contribution in [0.1, 0.15) is 0 Å². The van der Waals surface area contributed by atoms with Crippen LogP contribution in [-0.4, -0.2) is 14.1 Å². The van der Waals surface area contributed by atoms with E-state index in [4.69, 9.17) is 4.98 Å². The molecule has 0 N–H and O–H groups in total. The number of hydrogen-bond acceptors (Lipinski definition) is 1. The highest BCUT2D eigenvalue weighted by Gasteiger charge is 2.17. The first-order valence-electron chi connectivity index (χ1n) is 13.4. The second-order valence-electron chi connectivity index (χ2n) is 9.86. The van der Waals surface area contributed by atoms with Crippen molar-refractivity contribution in [3.8, 4) is 28.5 Å². The summed E-state index contributed by atoms with van der Waals surface area (Å²) >= 11 is 0. The third-order valence-electron chi connectivity index (χ3n) is 7.54. The van der Waals surface area contributed by atoms with Crippen LogP contribution in [-0.2, 0) is 0 Å². The summed E-state index contributed by atoms with van der Waals surface area (Å²) in [4.78, 5) is 5.25. The molecule has 0 saturated carbocycles. The van der Waals surface area contributed by atoms with E-state index in [1.165, 1.54) is 10.8 Å². The normalized spacial score (nSPS) is 11.5. The van der Waals surface area contributed by atoms with Crippen molar-refractivity contribution in [3.05, 3.63) is 152 Å². The van der Waals surface area contributed by atoms with Crippen LogP contribution in [0.4, 0.5) is 0 Å². The molecule has 0 atom stereocenters. The molecule has 0 bridgehead atoms. The van der Waals surface area contributed by atoms with Crippen LogP contribution in [0.5, 0.6) is 0 Å². The van der Waals surface area contributed by atoms with Gasteiger partial charge in [0.1, 0.15) is 5.82 Å². The Labute approximate surface area is 231 Å². The summed E-state index contributed by atoms with van der Waals surface area (Å²) < 4.78 is 6.53. The minimum atomic E-state index is 0.894. The predicted molar refractivity (Wildman–Crippen MR) is 161 cm³/mol. The lowest BCUT2D eigenvalue weighted by molar-refractivity contribution is -0.571. The average Bonchev–Trinajstić information content (AvgIpc) is 3.58. The summed E-state index contributed by atoms with van der Waals surface area (Å²) in [5.41, 5.74) is 8.52. The van der Waals surface area contributed by atoms with Gasteiger partial charge < -0.3 is 0 Å². The van der Waals surface area contributed by atoms with E-state index in [9.17, 15) is 0 Å². The van der Waals surface area contributed by atoms with Gasteiger partial charge in [-0.15, -0.1) is 0 Å². The van der Waals surface area contributed by atoms with E-state index in [0.717, 1.165) is 50.5 Å². The maximum atomic E-state index is 5.25. The molecule has 0 saturated heterocycles. The smallest absolute Gasteiger partial charge is 0.269 e. The highest BCUT2D eigenvalue weighted by atomic mass is 15.1. The SMILES string of the molecule is [c-]1n(-c2ccccc2)c2ccccc2[n+]1-c1ccccc1-c1cccc(-n2c3ccccc3c3ccccc32)n1. The summed E-state index contributed by atoms with van der Waals surface area (Å²) in [5, 5.41) is 2.45. The van der Waals surface area contributed by atoms with Crippen molar-refractivity contribution in [1.82, 2.24) is 14.1 Å². The van der Waals surface area contributed by atoms with Crippen LogP contribution in [0.3, 0.4) is 0 Å². The minimum absolute atomic E-state index is 0.894. The Balaban J connectivity index is 1.34. The Hall–Kier alpha value is -5.48. The van der Waals surface area contributed by atoms with E-state index >= 15 is 0 Å². The molecule has 188 valence electrons. The monoisotopic (exact) mass is 512 g/mol. The zero-order valence-electron chi connectivity index (χ0n) is 21.6. The van der Waals surface area contributed by atoms with Crippen molar-refractivity contribution in [2.45, 2.75) is 0 Å². The number of rotatable bonds is 4. The lowest BCUT2D eigenvalue weighted by atomic mass is 10.1. The van der Waals surface area contributed by atoms with E-state index < -0.39 is 0 Å². The van der Waals surface area contributed by atoms with Gasteiger partial charge in [-0.25, -0.2) is 4.98 Å². The Morgan fingerprint density at radius 2 is 1.15 bits per heavy atom. The molecule has 40 heavy (non-hydrogen) atoms. The molecule has 3 heterocycles. The number of nitrogens with zero attached hydrogens (tertiary/aromatic N) is 4. The van der Waals surface area contributed by atoms with Gasteiger partial charge in [0.2, 0.25) is 0 Å². The molecule has 0 aliphatic carbocycles. The van der Waals surface area contributed by atoms with Gasteiger partial charge in [-0.3, -0.25) is 13.7 Å². The summed E-state index contributed by atoms with van der Waals surface area (Å²) in [6, 6.07) is 50.6. The first-order valence-corrected chi connectivity index (χ1v) is 13.4. The van der Waals surface area contributed by atoms with Crippen molar-refractivity contribution in [3.63, 3.8) is 0 Å². The highest BCUT2D eigenvalue weighted by Crippen LogP contribution is 2.32. The van der Waals surface area contributed by atoms with Gasteiger partial charge in [0.25, 0.3) is 6.33 Å². The fraction of sp³-hybridized carbons (Fsp3) is 0. The minimum Gasteiger partial charge on any atom is -0.294 e. The van der Waals surface area contributed by atoms with Gasteiger partial charge in [-0.2, -0.15) is 0 Å². The van der Waals surface area contributed by atoms with Crippen molar-refractivity contribution in [2.75, 3.05) is 0 Å². The van der Waals surface area contributed by atoms with Crippen LogP contribution < -0.4 is 4.57 Å². The van der Waals surface area contributed by atoms with Crippen molar-refractivity contribution >= 4 is 32.8 Å². The quantitative estimate of drug-likeness (QED) is 0.174. The molecule has 8 aromatic rings. The number of para-hydroxylation sites is 6. The van der Waals surface area contributed by atoms with Crippen molar-refractivity contribution in [2.24, 2.45) is 0 Å². The van der Waals surface area contributed by atoms with Gasteiger partial charge in [0.15, 0.2) is 0 Å². The molecular weight excluding hydrogens is 488 g/mol. The number of benzene rings is 5. The van der Waals surface area contributed by atoms with Gasteiger partial charge >= 0.3 is 0 Å². The summed E-state index contributed by atoms with van der Waals surface area (Å²) in [6.07, 6.45) is 3.62. The third kappa shape index (κ3) is 3.47. The van der Waals surface area contributed by atoms with Crippen LogP contribution in [0.25, 0.3) is 61.3 Å². The fourth-order valence-corrected chi connectivity index (χ4v) is 5.76. The molecule has 0 unspecified atom stereocenters. The summed E-state index contributed by atoms with van der Waals surface area (Å²) in [5.74, 6) is 0.894. The summed E-state index contributed by atoms with van der Waals surface area (Å²) in [6.45, 7) is 0. The van der Waals surface area contributed by atoms with Gasteiger partial charge in [0.05, 0.1) is 39.1 Å². The van der Waals surface area contributed by atoms with Gasteiger partial charge in [-0.05, 0) is 42.5 Å². The van der Waals surface area contributed by atoms with Crippen LogP contribution in [0.15, 0.2) is 146 Å². The maximum absolute atomic E-state index is 5.25. The molecule has 5 aromatic carbocycles. The van der Waals surface area contributed by atoms with E-state index in [2.05, 4.69) is 160 Å². The van der Waals surface area contributed by atoms with E-state index in [1.807, 2.05) is 6.07 Å². The first-order chi connectivity index (χ1) is 19.9. The molecule has 0 aliphatic rings. The van der Waals surface area contributed by atoms with Crippen molar-refractivity contribution in [1.29, 1.82) is 0 Å². The fourth-order valence-electron chi connectivity index (χ4n) is 5.76. The molecule has 0 aliphatic heterocycles. The molecule has 8 rings (SSSR count). The molecule has 0 fully saturated rings. The Morgan fingerprint density at radius 3 is 1.93 bits per heavy atom. The molecule has 0 radical (unpaired) electrons. The number of aromatic nitrogens is 4. The van der Waals surface area contributed by atoms with Crippen LogP contribution in [0.2, 0.25) is 0 Å². The maximum Gasteiger partial charge on any atom is 0.269 e. The Kier molecular flexibility index (Phi) is 5.10. The third-order valence-corrected chi connectivity index (χ3v) is 7.54. The number of imidazole rings is 1. The summed E-state index contributed by atoms with van der Waals surface area (Å²) in [7, 11) is 0. The standard InChI is InChI=1S/C36H24N4/c1-2-13-26(14-3-1)38-25-39(35-23-11-10-22-34(35)38)31-19-7-6-17-29(31)30-18-12-24-36(37-30)40-32-20-8-4-15-27(32)28-16-5-9-21-33(28)40/h1-24H. The molecule has 4 heteroatoms.